The number of nitrogens with two attached hydrogens (primary N) is 1. The third-order valence-electron chi connectivity index (χ3n) is 4.17. The van der Waals surface area contributed by atoms with Gasteiger partial charge >= 0.3 is 5.97 Å². The second-order valence-electron chi connectivity index (χ2n) is 5.72. The number of ether oxygens (including phenoxy) is 2. The number of amides is 2. The highest BCUT2D eigenvalue weighted by atomic mass is 16.5. The fourth-order valence-electron chi connectivity index (χ4n) is 2.59. The zero-order chi connectivity index (χ0) is 16.4. The maximum atomic E-state index is 12.4. The van der Waals surface area contributed by atoms with E-state index in [4.69, 9.17) is 15.2 Å². The third-order valence-corrected chi connectivity index (χ3v) is 4.17. The summed E-state index contributed by atoms with van der Waals surface area (Å²) in [7, 11) is 0. The van der Waals surface area contributed by atoms with Gasteiger partial charge in [0.05, 0.1) is 18.2 Å². The number of carbonyl (C=O) groups is 3. The highest BCUT2D eigenvalue weighted by molar-refractivity contribution is 5.98. The lowest BCUT2D eigenvalue weighted by molar-refractivity contribution is -0.154. The van der Waals surface area contributed by atoms with Gasteiger partial charge < -0.3 is 20.1 Å². The third kappa shape index (κ3) is 3.13. The van der Waals surface area contributed by atoms with E-state index in [2.05, 4.69) is 0 Å². The van der Waals surface area contributed by atoms with Gasteiger partial charge in [0, 0.05) is 0 Å². The molecule has 3 rings (SSSR count). The van der Waals surface area contributed by atoms with E-state index >= 15 is 0 Å². The van der Waals surface area contributed by atoms with Crippen LogP contribution in [0, 0.1) is 5.92 Å². The van der Waals surface area contributed by atoms with Crippen molar-refractivity contribution >= 4 is 23.5 Å². The van der Waals surface area contributed by atoms with Crippen LogP contribution in [0.3, 0.4) is 0 Å². The summed E-state index contributed by atoms with van der Waals surface area (Å²) >= 11 is 0. The molecular weight excluding hydrogens is 300 g/mol. The lowest BCUT2D eigenvalue weighted by Crippen LogP contribution is -2.50. The van der Waals surface area contributed by atoms with Gasteiger partial charge in [-0.05, 0) is 25.0 Å². The molecule has 2 amide bonds. The quantitative estimate of drug-likeness (QED) is 0.820. The van der Waals surface area contributed by atoms with E-state index in [0.29, 0.717) is 11.4 Å². The van der Waals surface area contributed by atoms with E-state index in [9.17, 15) is 14.4 Å². The number of carbonyl (C=O) groups excluding carboxylic acids is 3. The van der Waals surface area contributed by atoms with Gasteiger partial charge in [0.1, 0.15) is 5.75 Å². The van der Waals surface area contributed by atoms with Crippen LogP contribution in [0.15, 0.2) is 24.3 Å². The SMILES string of the molecule is NC(=O)[C@@H]1CN(C(=O)COC(=O)C2CCC2)c2ccccc2O1. The molecule has 1 aromatic rings. The summed E-state index contributed by atoms with van der Waals surface area (Å²) in [4.78, 5) is 36.9. The standard InChI is InChI=1S/C16H18N2O5/c17-15(20)13-8-18(11-6-1-2-7-12(11)23-13)14(19)9-22-16(21)10-4-3-5-10/h1-2,6-7,10,13H,3-5,8-9H2,(H2,17,20)/t13-/m0/s1. The monoisotopic (exact) mass is 318 g/mol. The largest absolute Gasteiger partial charge is 0.477 e. The Kier molecular flexibility index (Phi) is 4.18. The van der Waals surface area contributed by atoms with E-state index < -0.39 is 17.9 Å². The van der Waals surface area contributed by atoms with Crippen molar-refractivity contribution in [3.63, 3.8) is 0 Å². The molecule has 0 aromatic heterocycles. The van der Waals surface area contributed by atoms with Gasteiger partial charge in [-0.15, -0.1) is 0 Å². The smallest absolute Gasteiger partial charge is 0.309 e. The normalized spacial score (nSPS) is 20.0. The van der Waals surface area contributed by atoms with Crippen LogP contribution >= 0.6 is 0 Å². The molecule has 0 unspecified atom stereocenters. The Morgan fingerprint density at radius 3 is 2.65 bits per heavy atom. The van der Waals surface area contributed by atoms with Gasteiger partial charge in [-0.25, -0.2) is 0 Å². The molecule has 122 valence electrons. The molecule has 0 spiro atoms. The van der Waals surface area contributed by atoms with Crippen molar-refractivity contribution in [3.05, 3.63) is 24.3 Å². The highest BCUT2D eigenvalue weighted by Gasteiger charge is 2.33. The summed E-state index contributed by atoms with van der Waals surface area (Å²) in [6, 6.07) is 6.86. The molecule has 1 fully saturated rings. The van der Waals surface area contributed by atoms with Gasteiger partial charge in [-0.1, -0.05) is 18.6 Å². The van der Waals surface area contributed by atoms with Gasteiger partial charge in [0.2, 0.25) is 0 Å². The van der Waals surface area contributed by atoms with Crippen LogP contribution in [0.2, 0.25) is 0 Å². The van der Waals surface area contributed by atoms with E-state index in [1.165, 1.54) is 4.90 Å². The zero-order valence-corrected chi connectivity index (χ0v) is 12.6. The summed E-state index contributed by atoms with van der Waals surface area (Å²) < 4.78 is 10.6. The molecule has 7 nitrogen and oxygen atoms in total. The summed E-state index contributed by atoms with van der Waals surface area (Å²) in [6.45, 7) is -0.346. The molecule has 0 bridgehead atoms. The van der Waals surface area contributed by atoms with Gasteiger partial charge in [-0.3, -0.25) is 14.4 Å². The molecular formula is C16H18N2O5. The van der Waals surface area contributed by atoms with Gasteiger partial charge in [0.25, 0.3) is 11.8 Å². The number of nitrogens with zero attached hydrogens (tertiary/aromatic N) is 1. The molecule has 1 saturated carbocycles. The number of primary amides is 1. The van der Waals surface area contributed by atoms with Crippen LogP contribution in [0.4, 0.5) is 5.69 Å². The first-order valence-corrected chi connectivity index (χ1v) is 7.58. The molecule has 1 atom stereocenters. The molecule has 1 aliphatic carbocycles. The lowest BCUT2D eigenvalue weighted by atomic mass is 9.86. The van der Waals surface area contributed by atoms with Crippen LogP contribution < -0.4 is 15.4 Å². The maximum absolute atomic E-state index is 12.4. The summed E-state index contributed by atoms with van der Waals surface area (Å²) in [5.41, 5.74) is 5.82. The number of fused-ring (bicyclic) bond motifs is 1. The van der Waals surface area contributed by atoms with E-state index in [1.807, 2.05) is 0 Å². The fourth-order valence-corrected chi connectivity index (χ4v) is 2.59. The minimum absolute atomic E-state index is 0.00611. The molecule has 0 saturated heterocycles. The molecule has 7 heteroatoms. The van der Waals surface area contributed by atoms with Crippen molar-refractivity contribution in [1.82, 2.24) is 0 Å². The summed E-state index contributed by atoms with van der Waals surface area (Å²) in [5, 5.41) is 0. The lowest BCUT2D eigenvalue weighted by Gasteiger charge is -2.33. The average molecular weight is 318 g/mol. The molecule has 1 aromatic carbocycles. The second kappa shape index (κ2) is 6.28. The number of hydrogen-bond acceptors (Lipinski definition) is 5. The van der Waals surface area contributed by atoms with E-state index in [0.717, 1.165) is 19.3 Å². The van der Waals surface area contributed by atoms with Crippen LogP contribution in [0.25, 0.3) is 0 Å². The number of hydrogen-bond donors (Lipinski definition) is 1. The maximum Gasteiger partial charge on any atom is 0.309 e. The second-order valence-corrected chi connectivity index (χ2v) is 5.72. The summed E-state index contributed by atoms with van der Waals surface area (Å²) in [6.07, 6.45) is 1.73. The number of anilines is 1. The topological polar surface area (TPSA) is 98.9 Å². The van der Waals surface area contributed by atoms with Gasteiger partial charge in [0.15, 0.2) is 12.7 Å². The number of esters is 1. The highest BCUT2D eigenvalue weighted by Crippen LogP contribution is 2.33. The van der Waals surface area contributed by atoms with Crippen molar-refractivity contribution in [3.8, 4) is 5.75 Å². The van der Waals surface area contributed by atoms with Crippen molar-refractivity contribution in [2.24, 2.45) is 11.7 Å². The predicted molar refractivity (Wildman–Crippen MR) is 80.7 cm³/mol. The first-order chi connectivity index (χ1) is 11.1. The Hall–Kier alpha value is -2.57. The van der Waals surface area contributed by atoms with Crippen LogP contribution in [-0.2, 0) is 19.1 Å². The van der Waals surface area contributed by atoms with E-state index in [-0.39, 0.29) is 25.0 Å². The van der Waals surface area contributed by atoms with Crippen molar-refractivity contribution in [2.45, 2.75) is 25.4 Å². The Morgan fingerprint density at radius 2 is 2.00 bits per heavy atom. The Morgan fingerprint density at radius 1 is 1.26 bits per heavy atom. The number of para-hydroxylation sites is 2. The Labute approximate surface area is 133 Å². The van der Waals surface area contributed by atoms with E-state index in [1.54, 1.807) is 24.3 Å². The minimum atomic E-state index is -0.920. The Balaban J connectivity index is 1.70. The molecule has 1 aliphatic heterocycles. The summed E-state index contributed by atoms with van der Waals surface area (Å²) in [5.74, 6) is -1.07. The number of rotatable bonds is 4. The molecule has 1 heterocycles. The van der Waals surface area contributed by atoms with Crippen LogP contribution in [0.1, 0.15) is 19.3 Å². The van der Waals surface area contributed by atoms with Crippen molar-refractivity contribution < 1.29 is 23.9 Å². The van der Waals surface area contributed by atoms with Crippen LogP contribution in [0.5, 0.6) is 5.75 Å². The molecule has 2 N–H and O–H groups in total. The van der Waals surface area contributed by atoms with Crippen LogP contribution in [-0.4, -0.2) is 37.0 Å². The van der Waals surface area contributed by atoms with Gasteiger partial charge in [-0.2, -0.15) is 0 Å². The molecule has 23 heavy (non-hydrogen) atoms. The van der Waals surface area contributed by atoms with Crippen molar-refractivity contribution in [1.29, 1.82) is 0 Å². The predicted octanol–water partition coefficient (Wildman–Crippen LogP) is 0.609. The molecule has 2 aliphatic rings. The Bertz CT molecular complexity index is 641. The molecule has 0 radical (unpaired) electrons. The first kappa shape index (κ1) is 15.3. The minimum Gasteiger partial charge on any atom is -0.477 e. The first-order valence-electron chi connectivity index (χ1n) is 7.58. The zero-order valence-electron chi connectivity index (χ0n) is 12.6. The number of benzene rings is 1. The van der Waals surface area contributed by atoms with Crippen molar-refractivity contribution in [2.75, 3.05) is 18.1 Å². The fraction of sp³-hybridized carbons (Fsp3) is 0.438. The average Bonchev–Trinajstić information content (AvgIpc) is 2.49.